The molecule has 3 aliphatic heterocycles. The topological polar surface area (TPSA) is 106 Å². The highest BCUT2D eigenvalue weighted by Crippen LogP contribution is 2.28. The van der Waals surface area contributed by atoms with Gasteiger partial charge < -0.3 is 14.1 Å². The number of ether oxygens (including phenoxy) is 1. The molecule has 28 heavy (non-hydrogen) atoms. The van der Waals surface area contributed by atoms with E-state index < -0.39 is 5.60 Å². The maximum absolute atomic E-state index is 12.2. The summed E-state index contributed by atoms with van der Waals surface area (Å²) < 4.78 is 10.5. The summed E-state index contributed by atoms with van der Waals surface area (Å²) in [6.45, 7) is 6.58. The van der Waals surface area contributed by atoms with E-state index in [0.717, 1.165) is 11.3 Å². The Kier molecular flexibility index (Phi) is 4.28. The fourth-order valence-corrected chi connectivity index (χ4v) is 3.05. The van der Waals surface area contributed by atoms with Crippen molar-refractivity contribution in [2.45, 2.75) is 32.8 Å². The van der Waals surface area contributed by atoms with Crippen molar-refractivity contribution in [3.63, 3.8) is 0 Å². The number of allylic oxidation sites excluding steroid dienone is 1. The quantitative estimate of drug-likeness (QED) is 0.626. The van der Waals surface area contributed by atoms with E-state index in [9.17, 15) is 4.79 Å². The molecule has 9 nitrogen and oxygen atoms in total. The Hall–Kier alpha value is -3.04. The van der Waals surface area contributed by atoms with Crippen LogP contribution in [0.1, 0.15) is 33.0 Å². The molecule has 1 amide bonds. The van der Waals surface area contributed by atoms with E-state index in [0.29, 0.717) is 36.9 Å². The van der Waals surface area contributed by atoms with Crippen LogP contribution in [0.15, 0.2) is 61.4 Å². The Morgan fingerprint density at radius 2 is 2.21 bits per heavy atom. The van der Waals surface area contributed by atoms with E-state index in [1.807, 2.05) is 26.8 Å². The zero-order chi connectivity index (χ0) is 19.9. The zero-order valence-corrected chi connectivity index (χ0v) is 16.1. The van der Waals surface area contributed by atoms with E-state index in [1.165, 1.54) is 0 Å². The largest absolute Gasteiger partial charge is 0.461 e. The van der Waals surface area contributed by atoms with Gasteiger partial charge in [0.2, 0.25) is 0 Å². The molecule has 4 rings (SSSR count). The lowest BCUT2D eigenvalue weighted by Gasteiger charge is -2.30. The van der Waals surface area contributed by atoms with Crippen LogP contribution in [0.3, 0.4) is 0 Å². The Bertz CT molecular complexity index is 949. The maximum Gasteiger partial charge on any atom is 0.410 e. The number of carbonyl (C=O) groups excluding carboxylic acids is 1. The number of fused-ring (bicyclic) bond motifs is 1. The second-order valence-electron chi connectivity index (χ2n) is 7.79. The molecule has 2 N–H and O–H groups in total. The van der Waals surface area contributed by atoms with Crippen LogP contribution in [0.25, 0.3) is 0 Å². The highest BCUT2D eigenvalue weighted by atomic mass is 16.6. The molecule has 1 aromatic heterocycles. The number of carbonyl (C=O) groups is 1. The van der Waals surface area contributed by atoms with Gasteiger partial charge in [-0.25, -0.2) is 9.79 Å². The van der Waals surface area contributed by atoms with E-state index in [4.69, 9.17) is 15.0 Å². The third kappa shape index (κ3) is 3.54. The van der Waals surface area contributed by atoms with Gasteiger partial charge in [0.15, 0.2) is 12.0 Å². The van der Waals surface area contributed by atoms with Crippen molar-refractivity contribution >= 4 is 24.0 Å². The van der Waals surface area contributed by atoms with Crippen molar-refractivity contribution in [1.82, 2.24) is 4.90 Å². The predicted octanol–water partition coefficient (Wildman–Crippen LogP) is 2.54. The van der Waals surface area contributed by atoms with Crippen molar-refractivity contribution in [3.8, 4) is 0 Å². The number of amidine groups is 2. The van der Waals surface area contributed by atoms with Gasteiger partial charge in [0.25, 0.3) is 11.7 Å². The molecule has 0 aliphatic carbocycles. The number of nitrogens with zero attached hydrogens (tertiary/aromatic N) is 5. The Labute approximate surface area is 162 Å². The number of quaternary nitrogens is 1. The van der Waals surface area contributed by atoms with Crippen molar-refractivity contribution in [1.29, 1.82) is 0 Å². The highest BCUT2D eigenvalue weighted by molar-refractivity contribution is 6.31. The Morgan fingerprint density at radius 3 is 2.86 bits per heavy atom. The summed E-state index contributed by atoms with van der Waals surface area (Å²) >= 11 is 0. The van der Waals surface area contributed by atoms with E-state index >= 15 is 0 Å². The molecule has 0 bridgehead atoms. The molecule has 0 spiro atoms. The molecule has 0 saturated carbocycles. The van der Waals surface area contributed by atoms with Gasteiger partial charge in [0.05, 0.1) is 6.26 Å². The fraction of sp³-hybridized carbons (Fsp3) is 0.368. The Morgan fingerprint density at radius 1 is 1.39 bits per heavy atom. The van der Waals surface area contributed by atoms with Crippen LogP contribution < -0.4 is 5.84 Å². The van der Waals surface area contributed by atoms with Gasteiger partial charge >= 0.3 is 6.09 Å². The van der Waals surface area contributed by atoms with Crippen LogP contribution in [0.4, 0.5) is 4.79 Å². The molecule has 1 atom stereocenters. The first-order valence-corrected chi connectivity index (χ1v) is 9.08. The van der Waals surface area contributed by atoms with E-state index in [-0.39, 0.29) is 10.8 Å². The van der Waals surface area contributed by atoms with Crippen molar-refractivity contribution < 1.29 is 18.6 Å². The minimum Gasteiger partial charge on any atom is -0.461 e. The molecule has 1 aromatic rings. The molecule has 1 unspecified atom stereocenters. The van der Waals surface area contributed by atoms with Crippen LogP contribution in [-0.2, 0) is 4.74 Å². The molecular weight excluding hydrogens is 360 g/mol. The van der Waals surface area contributed by atoms with Gasteiger partial charge in [0, 0.05) is 13.1 Å². The predicted molar refractivity (Wildman–Crippen MR) is 104 cm³/mol. The standard InChI is InChI=1S/C19H23N6O3/c1-19(2,3)28-18(26)24-8-6-13(7-9-24)14-12-25(20)16(11-21-14)22-17(23-25)15-5-4-10-27-15/h4-6,10-12H,7-9,20H2,1-3H3/q+1. The number of aliphatic imine (C=N–C) groups is 2. The van der Waals surface area contributed by atoms with Gasteiger partial charge in [-0.05, 0) is 54.7 Å². The maximum atomic E-state index is 12.2. The van der Waals surface area contributed by atoms with Crippen LogP contribution in [0, 0.1) is 0 Å². The van der Waals surface area contributed by atoms with Gasteiger partial charge in [-0.3, -0.25) is 0 Å². The van der Waals surface area contributed by atoms with Crippen LogP contribution in [-0.4, -0.2) is 52.3 Å². The molecule has 4 heterocycles. The van der Waals surface area contributed by atoms with Gasteiger partial charge in [-0.2, -0.15) is 4.99 Å². The van der Waals surface area contributed by atoms with E-state index in [2.05, 4.69) is 15.1 Å². The summed E-state index contributed by atoms with van der Waals surface area (Å²) in [7, 11) is 0. The normalized spacial score (nSPS) is 24.2. The summed E-state index contributed by atoms with van der Waals surface area (Å²) in [5.41, 5.74) is 1.23. The zero-order valence-electron chi connectivity index (χ0n) is 16.1. The third-order valence-corrected chi connectivity index (χ3v) is 4.42. The number of nitrogens with two attached hydrogens (primary N) is 1. The number of furan rings is 1. The average molecular weight is 383 g/mol. The summed E-state index contributed by atoms with van der Waals surface area (Å²) in [5, 5.41) is 4.47. The van der Waals surface area contributed by atoms with Crippen LogP contribution in [0.5, 0.6) is 0 Å². The smallest absolute Gasteiger partial charge is 0.410 e. The molecule has 9 heteroatoms. The monoisotopic (exact) mass is 383 g/mol. The van der Waals surface area contributed by atoms with Gasteiger partial charge in [0.1, 0.15) is 17.5 Å². The second kappa shape index (κ2) is 6.54. The van der Waals surface area contributed by atoms with Crippen LogP contribution in [0.2, 0.25) is 0 Å². The minimum absolute atomic E-state index is 0.304. The first-order valence-electron chi connectivity index (χ1n) is 9.08. The lowest BCUT2D eigenvalue weighted by molar-refractivity contribution is -0.803. The molecule has 0 aromatic carbocycles. The number of rotatable bonds is 2. The van der Waals surface area contributed by atoms with E-state index in [1.54, 1.807) is 35.7 Å². The van der Waals surface area contributed by atoms with Crippen molar-refractivity contribution in [2.24, 2.45) is 20.9 Å². The summed E-state index contributed by atoms with van der Waals surface area (Å²) in [6, 6.07) is 3.55. The SMILES string of the molecule is CC(C)(C)OC(=O)N1CC=C(C2=C[N+]3(N)N=C(c4ccco4)N=C3C=N2)CC1. The second-order valence-corrected chi connectivity index (χ2v) is 7.79. The third-order valence-electron chi connectivity index (χ3n) is 4.42. The minimum atomic E-state index is -0.511. The molecule has 0 radical (unpaired) electrons. The van der Waals surface area contributed by atoms with Crippen molar-refractivity contribution in [3.05, 3.63) is 47.7 Å². The molecule has 146 valence electrons. The van der Waals surface area contributed by atoms with Gasteiger partial charge in [-0.1, -0.05) is 6.08 Å². The molecular formula is C19H23N6O3+. The molecule has 3 aliphatic rings. The summed E-state index contributed by atoms with van der Waals surface area (Å²) in [5.74, 6) is 7.90. The molecule has 0 saturated heterocycles. The summed E-state index contributed by atoms with van der Waals surface area (Å²) in [4.78, 5) is 22.8. The lowest BCUT2D eigenvalue weighted by atomic mass is 10.1. The molecule has 0 fully saturated rings. The van der Waals surface area contributed by atoms with Crippen molar-refractivity contribution in [2.75, 3.05) is 13.1 Å². The number of hydrogen-bond donors (Lipinski definition) is 1. The Balaban J connectivity index is 1.50. The van der Waals surface area contributed by atoms with Gasteiger partial charge in [-0.15, -0.1) is 5.84 Å². The summed E-state index contributed by atoms with van der Waals surface area (Å²) in [6.07, 6.45) is 7.25. The lowest BCUT2D eigenvalue weighted by Crippen LogP contribution is -2.50. The fourth-order valence-electron chi connectivity index (χ4n) is 3.05. The first kappa shape index (κ1) is 18.3. The highest BCUT2D eigenvalue weighted by Gasteiger charge is 2.40. The number of amides is 1. The first-order chi connectivity index (χ1) is 13.2. The average Bonchev–Trinajstić information content (AvgIpc) is 3.26. The number of hydrogen-bond acceptors (Lipinski definition) is 7. The van der Waals surface area contributed by atoms with Crippen LogP contribution >= 0.6 is 0 Å².